The van der Waals surface area contributed by atoms with Crippen molar-refractivity contribution < 1.29 is 0 Å². The van der Waals surface area contributed by atoms with Crippen LogP contribution < -0.4 is 10.6 Å². The second-order valence-electron chi connectivity index (χ2n) is 4.75. The topological polar surface area (TPSA) is 80.0 Å². The minimum Gasteiger partial charge on any atom is -0.356 e. The van der Waals surface area contributed by atoms with Crippen LogP contribution in [0.2, 0.25) is 0 Å². The van der Waals surface area contributed by atoms with Gasteiger partial charge in [0.1, 0.15) is 0 Å². The number of tetrazole rings is 1. The standard InChI is InChI=1S/C13H17N7.HI/c1-10-9-15-13(16-10)14-8-7-12-17-18-19-20(12)11-5-3-2-4-6-11;/h2-6,10H,7-9H2,1H3,(H2,14,15,16);1H. The first-order valence-electron chi connectivity index (χ1n) is 6.70. The van der Waals surface area contributed by atoms with Gasteiger partial charge in [-0.25, -0.2) is 0 Å². The van der Waals surface area contributed by atoms with E-state index in [1.165, 1.54) is 0 Å². The van der Waals surface area contributed by atoms with E-state index in [2.05, 4.69) is 38.1 Å². The van der Waals surface area contributed by atoms with Crippen LogP contribution in [0.15, 0.2) is 35.3 Å². The van der Waals surface area contributed by atoms with Gasteiger partial charge in [0.2, 0.25) is 0 Å². The Morgan fingerprint density at radius 2 is 2.14 bits per heavy atom. The predicted octanol–water partition coefficient (Wildman–Crippen LogP) is 0.760. The largest absolute Gasteiger partial charge is 0.356 e. The Morgan fingerprint density at radius 3 is 2.86 bits per heavy atom. The van der Waals surface area contributed by atoms with Crippen molar-refractivity contribution in [3.8, 4) is 5.69 Å². The van der Waals surface area contributed by atoms with Crippen LogP contribution in [0, 0.1) is 0 Å². The van der Waals surface area contributed by atoms with Crippen molar-refractivity contribution in [2.45, 2.75) is 19.4 Å². The second-order valence-corrected chi connectivity index (χ2v) is 4.75. The van der Waals surface area contributed by atoms with E-state index in [9.17, 15) is 0 Å². The van der Waals surface area contributed by atoms with Gasteiger partial charge in [-0.05, 0) is 29.5 Å². The first-order valence-corrected chi connectivity index (χ1v) is 6.70. The van der Waals surface area contributed by atoms with Crippen molar-refractivity contribution in [3.63, 3.8) is 0 Å². The highest BCUT2D eigenvalue weighted by Gasteiger charge is 2.12. The molecule has 0 saturated carbocycles. The fourth-order valence-electron chi connectivity index (χ4n) is 2.08. The summed E-state index contributed by atoms with van der Waals surface area (Å²) in [6.45, 7) is 3.67. The number of benzene rings is 1. The van der Waals surface area contributed by atoms with Crippen LogP contribution in [0.4, 0.5) is 0 Å². The summed E-state index contributed by atoms with van der Waals surface area (Å²) in [6.07, 6.45) is 0.733. The molecule has 1 aliphatic rings. The van der Waals surface area contributed by atoms with Crippen LogP contribution in [-0.2, 0) is 6.42 Å². The fourth-order valence-corrected chi connectivity index (χ4v) is 2.08. The molecule has 7 nitrogen and oxygen atoms in total. The van der Waals surface area contributed by atoms with Gasteiger partial charge >= 0.3 is 0 Å². The van der Waals surface area contributed by atoms with Crippen LogP contribution in [0.1, 0.15) is 12.7 Å². The monoisotopic (exact) mass is 399 g/mol. The van der Waals surface area contributed by atoms with E-state index in [0.717, 1.165) is 37.0 Å². The molecular weight excluding hydrogens is 381 g/mol. The lowest BCUT2D eigenvalue weighted by Gasteiger charge is -2.08. The highest BCUT2D eigenvalue weighted by molar-refractivity contribution is 14.0. The maximum absolute atomic E-state index is 4.35. The third-order valence-electron chi connectivity index (χ3n) is 3.08. The molecular formula is C13H18IN7. The Morgan fingerprint density at radius 1 is 1.33 bits per heavy atom. The van der Waals surface area contributed by atoms with Crippen LogP contribution in [0.3, 0.4) is 0 Å². The zero-order valence-corrected chi connectivity index (χ0v) is 14.1. The Kier molecular flexibility index (Phi) is 5.48. The van der Waals surface area contributed by atoms with E-state index >= 15 is 0 Å². The number of aromatic nitrogens is 4. The molecule has 112 valence electrons. The summed E-state index contributed by atoms with van der Waals surface area (Å²) in [5.74, 6) is 1.69. The number of para-hydroxylation sites is 1. The number of aliphatic imine (C=N–C) groups is 1. The molecule has 0 bridgehead atoms. The normalized spacial score (nSPS) is 16.8. The summed E-state index contributed by atoms with van der Waals surface area (Å²) in [6, 6.07) is 10.3. The highest BCUT2D eigenvalue weighted by atomic mass is 127. The number of hydrogen-bond acceptors (Lipinski definition) is 6. The first-order chi connectivity index (χ1) is 9.83. The SMILES string of the molecule is CC1CN=C(NCCc2nnnn2-c2ccccc2)N1.I. The molecule has 1 unspecified atom stereocenters. The van der Waals surface area contributed by atoms with Gasteiger partial charge < -0.3 is 10.6 Å². The second kappa shape index (κ2) is 7.34. The lowest BCUT2D eigenvalue weighted by atomic mass is 10.3. The number of halogens is 1. The molecule has 1 aromatic carbocycles. The molecule has 2 heterocycles. The van der Waals surface area contributed by atoms with Gasteiger partial charge in [0, 0.05) is 19.0 Å². The molecule has 2 aromatic rings. The summed E-state index contributed by atoms with van der Waals surface area (Å²) in [4.78, 5) is 4.35. The van der Waals surface area contributed by atoms with E-state index < -0.39 is 0 Å². The Labute approximate surface area is 140 Å². The zero-order chi connectivity index (χ0) is 13.8. The lowest BCUT2D eigenvalue weighted by molar-refractivity contribution is 0.704. The van der Waals surface area contributed by atoms with Crippen molar-refractivity contribution in [2.24, 2.45) is 4.99 Å². The van der Waals surface area contributed by atoms with E-state index in [1.807, 2.05) is 30.3 Å². The summed E-state index contributed by atoms with van der Waals surface area (Å²) in [7, 11) is 0. The summed E-state index contributed by atoms with van der Waals surface area (Å²) in [5.41, 5.74) is 0.970. The van der Waals surface area contributed by atoms with Crippen LogP contribution in [-0.4, -0.2) is 45.3 Å². The van der Waals surface area contributed by atoms with Crippen LogP contribution >= 0.6 is 24.0 Å². The molecule has 3 rings (SSSR count). The maximum atomic E-state index is 4.35. The molecule has 2 N–H and O–H groups in total. The molecule has 1 atom stereocenters. The number of rotatable bonds is 4. The van der Waals surface area contributed by atoms with Gasteiger partial charge in [-0.15, -0.1) is 29.1 Å². The zero-order valence-electron chi connectivity index (χ0n) is 11.7. The molecule has 0 amide bonds. The van der Waals surface area contributed by atoms with Crippen molar-refractivity contribution in [2.75, 3.05) is 13.1 Å². The minimum absolute atomic E-state index is 0. The maximum Gasteiger partial charge on any atom is 0.191 e. The molecule has 0 aliphatic carbocycles. The molecule has 21 heavy (non-hydrogen) atoms. The van der Waals surface area contributed by atoms with Crippen LogP contribution in [0.5, 0.6) is 0 Å². The van der Waals surface area contributed by atoms with Gasteiger partial charge in [0.25, 0.3) is 0 Å². The molecule has 1 aromatic heterocycles. The average molecular weight is 399 g/mol. The summed E-state index contributed by atoms with van der Waals surface area (Å²) in [5, 5.41) is 18.4. The van der Waals surface area contributed by atoms with Gasteiger partial charge in [-0.1, -0.05) is 18.2 Å². The quantitative estimate of drug-likeness (QED) is 0.743. The fraction of sp³-hybridized carbons (Fsp3) is 0.385. The van der Waals surface area contributed by atoms with Gasteiger partial charge in [0.15, 0.2) is 11.8 Å². The number of hydrogen-bond donors (Lipinski definition) is 2. The molecule has 0 fully saturated rings. The minimum atomic E-state index is 0. The highest BCUT2D eigenvalue weighted by Crippen LogP contribution is 2.06. The molecule has 0 radical (unpaired) electrons. The third-order valence-corrected chi connectivity index (χ3v) is 3.08. The number of nitrogens with zero attached hydrogens (tertiary/aromatic N) is 5. The van der Waals surface area contributed by atoms with Gasteiger partial charge in [0.05, 0.1) is 12.2 Å². The van der Waals surface area contributed by atoms with Gasteiger partial charge in [-0.3, -0.25) is 4.99 Å². The number of guanidine groups is 1. The Bertz CT molecular complexity index is 596. The van der Waals surface area contributed by atoms with E-state index in [-0.39, 0.29) is 24.0 Å². The smallest absolute Gasteiger partial charge is 0.191 e. The Hall–Kier alpha value is -1.71. The molecule has 0 saturated heterocycles. The van der Waals surface area contributed by atoms with Crippen molar-refractivity contribution in [1.82, 2.24) is 30.8 Å². The van der Waals surface area contributed by atoms with E-state index in [0.29, 0.717) is 6.04 Å². The van der Waals surface area contributed by atoms with Gasteiger partial charge in [-0.2, -0.15) is 4.68 Å². The van der Waals surface area contributed by atoms with Crippen molar-refractivity contribution in [3.05, 3.63) is 36.2 Å². The predicted molar refractivity (Wildman–Crippen MR) is 91.2 cm³/mol. The van der Waals surface area contributed by atoms with E-state index in [1.54, 1.807) is 4.68 Å². The lowest BCUT2D eigenvalue weighted by Crippen LogP contribution is -2.38. The van der Waals surface area contributed by atoms with E-state index in [4.69, 9.17) is 0 Å². The number of nitrogens with one attached hydrogen (secondary N) is 2. The third kappa shape index (κ3) is 3.90. The molecule has 1 aliphatic heterocycles. The summed E-state index contributed by atoms with van der Waals surface area (Å²) < 4.78 is 1.76. The van der Waals surface area contributed by atoms with Crippen molar-refractivity contribution in [1.29, 1.82) is 0 Å². The summed E-state index contributed by atoms with van der Waals surface area (Å²) >= 11 is 0. The van der Waals surface area contributed by atoms with Crippen molar-refractivity contribution >= 4 is 29.9 Å². The average Bonchev–Trinajstić information content (AvgIpc) is 3.09. The Balaban J connectivity index is 0.00000161. The van der Waals surface area contributed by atoms with Crippen LogP contribution in [0.25, 0.3) is 5.69 Å². The molecule has 0 spiro atoms. The first kappa shape index (κ1) is 15.7. The molecule has 8 heteroatoms.